The maximum absolute atomic E-state index is 8.98. The second-order valence-electron chi connectivity index (χ2n) is 5.26. The first kappa shape index (κ1) is 14.3. The molecule has 2 unspecified atom stereocenters. The quantitative estimate of drug-likeness (QED) is 0.781. The number of fused-ring (bicyclic) bond motifs is 1. The van der Waals surface area contributed by atoms with Crippen LogP contribution in [0.5, 0.6) is 0 Å². The van der Waals surface area contributed by atoms with E-state index < -0.39 is 0 Å². The van der Waals surface area contributed by atoms with Crippen LogP contribution in [0.2, 0.25) is 4.34 Å². The van der Waals surface area contributed by atoms with E-state index >= 15 is 0 Å². The molecule has 102 valence electrons. The van der Waals surface area contributed by atoms with Gasteiger partial charge in [-0.3, -0.25) is 0 Å². The largest absolute Gasteiger partial charge is 0.396 e. The van der Waals surface area contributed by atoms with Gasteiger partial charge in [0.15, 0.2) is 0 Å². The summed E-state index contributed by atoms with van der Waals surface area (Å²) in [6, 6.07) is 2.62. The molecule has 0 aromatic carbocycles. The van der Waals surface area contributed by atoms with Crippen molar-refractivity contribution in [3.63, 3.8) is 0 Å². The molecule has 1 heterocycles. The van der Waals surface area contributed by atoms with Crippen LogP contribution < -0.4 is 5.32 Å². The van der Waals surface area contributed by atoms with Crippen molar-refractivity contribution in [2.45, 2.75) is 45.1 Å². The van der Waals surface area contributed by atoms with Gasteiger partial charge in [-0.05, 0) is 56.2 Å². The highest BCUT2D eigenvalue weighted by Gasteiger charge is 2.21. The van der Waals surface area contributed by atoms with Crippen LogP contribution in [0.1, 0.15) is 49.1 Å². The SMILES string of the molecule is CC(CO)CCCNC1CCCc2sc(Cl)cc21. The summed E-state index contributed by atoms with van der Waals surface area (Å²) in [7, 11) is 0. The fourth-order valence-corrected chi connectivity index (χ4v) is 3.94. The average molecular weight is 288 g/mol. The van der Waals surface area contributed by atoms with Crippen molar-refractivity contribution in [1.29, 1.82) is 0 Å². The van der Waals surface area contributed by atoms with E-state index in [-0.39, 0.29) is 0 Å². The molecule has 0 radical (unpaired) electrons. The molecule has 2 rings (SSSR count). The molecular weight excluding hydrogens is 266 g/mol. The third-order valence-electron chi connectivity index (χ3n) is 3.66. The number of aliphatic hydroxyl groups is 1. The predicted molar refractivity (Wildman–Crippen MR) is 78.5 cm³/mol. The molecule has 1 aliphatic carbocycles. The van der Waals surface area contributed by atoms with Gasteiger partial charge in [0, 0.05) is 17.5 Å². The number of rotatable bonds is 6. The minimum atomic E-state index is 0.299. The van der Waals surface area contributed by atoms with Crippen molar-refractivity contribution in [2.24, 2.45) is 5.92 Å². The summed E-state index contributed by atoms with van der Waals surface area (Å²) in [6.45, 7) is 3.42. The van der Waals surface area contributed by atoms with Crippen LogP contribution in [0.3, 0.4) is 0 Å². The first-order chi connectivity index (χ1) is 8.70. The van der Waals surface area contributed by atoms with E-state index in [0.717, 1.165) is 23.7 Å². The standard InChI is InChI=1S/C14H22ClNOS/c1-10(9-17)4-3-7-16-12-5-2-6-13-11(12)8-14(15)18-13/h8,10,12,16-17H,2-7,9H2,1H3. The highest BCUT2D eigenvalue weighted by atomic mass is 35.5. The fraction of sp³-hybridized carbons (Fsp3) is 0.714. The van der Waals surface area contributed by atoms with Crippen LogP contribution in [0.25, 0.3) is 0 Å². The summed E-state index contributed by atoms with van der Waals surface area (Å²) in [5.41, 5.74) is 1.42. The zero-order chi connectivity index (χ0) is 13.0. The van der Waals surface area contributed by atoms with Crippen molar-refractivity contribution in [2.75, 3.05) is 13.2 Å². The molecular formula is C14H22ClNOS. The monoisotopic (exact) mass is 287 g/mol. The molecule has 18 heavy (non-hydrogen) atoms. The lowest BCUT2D eigenvalue weighted by Crippen LogP contribution is -2.25. The predicted octanol–water partition coefficient (Wildman–Crippen LogP) is 3.78. The maximum atomic E-state index is 8.98. The smallest absolute Gasteiger partial charge is 0.0934 e. The van der Waals surface area contributed by atoms with Crippen LogP contribution >= 0.6 is 22.9 Å². The summed E-state index contributed by atoms with van der Waals surface area (Å²) >= 11 is 7.83. The van der Waals surface area contributed by atoms with Gasteiger partial charge < -0.3 is 10.4 Å². The molecule has 1 aromatic heterocycles. The summed E-state index contributed by atoms with van der Waals surface area (Å²) in [6.07, 6.45) is 5.88. The van der Waals surface area contributed by atoms with Crippen LogP contribution in [0.15, 0.2) is 6.07 Å². The topological polar surface area (TPSA) is 32.3 Å². The van der Waals surface area contributed by atoms with E-state index in [4.69, 9.17) is 16.7 Å². The number of hydrogen-bond donors (Lipinski definition) is 2. The lowest BCUT2D eigenvalue weighted by atomic mass is 9.94. The Labute approximate surface area is 118 Å². The van der Waals surface area contributed by atoms with Gasteiger partial charge in [-0.1, -0.05) is 18.5 Å². The highest BCUT2D eigenvalue weighted by Crippen LogP contribution is 2.37. The Morgan fingerprint density at radius 1 is 1.61 bits per heavy atom. The van der Waals surface area contributed by atoms with E-state index in [1.54, 1.807) is 11.3 Å². The van der Waals surface area contributed by atoms with Gasteiger partial charge in [-0.15, -0.1) is 11.3 Å². The van der Waals surface area contributed by atoms with E-state index in [2.05, 4.69) is 18.3 Å². The van der Waals surface area contributed by atoms with Crippen LogP contribution in [-0.2, 0) is 6.42 Å². The maximum Gasteiger partial charge on any atom is 0.0934 e. The number of hydrogen-bond acceptors (Lipinski definition) is 3. The molecule has 0 spiro atoms. The van der Waals surface area contributed by atoms with Crippen LogP contribution in [0.4, 0.5) is 0 Å². The summed E-state index contributed by atoms with van der Waals surface area (Å²) in [5, 5.41) is 12.6. The normalized spacial score (nSPS) is 20.7. The summed E-state index contributed by atoms with van der Waals surface area (Å²) < 4.78 is 0.919. The lowest BCUT2D eigenvalue weighted by molar-refractivity contribution is 0.227. The van der Waals surface area contributed by atoms with Gasteiger partial charge in [0.25, 0.3) is 0 Å². The van der Waals surface area contributed by atoms with E-state index in [9.17, 15) is 0 Å². The Bertz CT molecular complexity index is 380. The van der Waals surface area contributed by atoms with Crippen molar-refractivity contribution >= 4 is 22.9 Å². The van der Waals surface area contributed by atoms with E-state index in [0.29, 0.717) is 18.6 Å². The van der Waals surface area contributed by atoms with Gasteiger partial charge in [-0.2, -0.15) is 0 Å². The molecule has 1 aliphatic rings. The first-order valence-electron chi connectivity index (χ1n) is 6.83. The van der Waals surface area contributed by atoms with Crippen molar-refractivity contribution in [3.05, 3.63) is 20.8 Å². The zero-order valence-electron chi connectivity index (χ0n) is 10.9. The van der Waals surface area contributed by atoms with Crippen molar-refractivity contribution < 1.29 is 5.11 Å². The number of halogens is 1. The van der Waals surface area contributed by atoms with Gasteiger partial charge in [0.05, 0.1) is 4.34 Å². The third-order valence-corrected chi connectivity index (χ3v) is 5.00. The molecule has 4 heteroatoms. The minimum absolute atomic E-state index is 0.299. The molecule has 0 amide bonds. The molecule has 2 nitrogen and oxygen atoms in total. The Morgan fingerprint density at radius 3 is 3.22 bits per heavy atom. The highest BCUT2D eigenvalue weighted by molar-refractivity contribution is 7.16. The van der Waals surface area contributed by atoms with Crippen LogP contribution in [-0.4, -0.2) is 18.3 Å². The summed E-state index contributed by atoms with van der Waals surface area (Å²) in [5.74, 6) is 0.421. The average Bonchev–Trinajstić information content (AvgIpc) is 2.75. The molecule has 0 bridgehead atoms. The molecule has 0 fully saturated rings. The molecule has 1 aromatic rings. The van der Waals surface area contributed by atoms with Gasteiger partial charge >= 0.3 is 0 Å². The fourth-order valence-electron chi connectivity index (χ4n) is 2.55. The second kappa shape index (κ2) is 6.90. The number of nitrogens with one attached hydrogen (secondary N) is 1. The van der Waals surface area contributed by atoms with Gasteiger partial charge in [0.2, 0.25) is 0 Å². The second-order valence-corrected chi connectivity index (χ2v) is 7.03. The van der Waals surface area contributed by atoms with Gasteiger partial charge in [0.1, 0.15) is 0 Å². The molecule has 2 N–H and O–H groups in total. The Hall–Kier alpha value is -0.0900. The van der Waals surface area contributed by atoms with Crippen molar-refractivity contribution in [1.82, 2.24) is 5.32 Å². The third kappa shape index (κ3) is 3.70. The van der Waals surface area contributed by atoms with E-state index in [1.807, 2.05) is 0 Å². The molecule has 2 atom stereocenters. The van der Waals surface area contributed by atoms with Crippen molar-refractivity contribution in [3.8, 4) is 0 Å². The molecule has 0 saturated heterocycles. The first-order valence-corrected chi connectivity index (χ1v) is 8.02. The van der Waals surface area contributed by atoms with Crippen LogP contribution in [0, 0.1) is 5.92 Å². The molecule has 0 aliphatic heterocycles. The zero-order valence-corrected chi connectivity index (χ0v) is 12.5. The number of aliphatic hydroxyl groups excluding tert-OH is 1. The van der Waals surface area contributed by atoms with Gasteiger partial charge in [-0.25, -0.2) is 0 Å². The lowest BCUT2D eigenvalue weighted by Gasteiger charge is -2.24. The molecule has 0 saturated carbocycles. The Balaban J connectivity index is 1.80. The number of thiophene rings is 1. The minimum Gasteiger partial charge on any atom is -0.396 e. The van der Waals surface area contributed by atoms with E-state index in [1.165, 1.54) is 29.7 Å². The Kier molecular flexibility index (Phi) is 5.49. The number of aryl methyl sites for hydroxylation is 1. The Morgan fingerprint density at radius 2 is 2.44 bits per heavy atom. The summed E-state index contributed by atoms with van der Waals surface area (Å²) in [4.78, 5) is 1.47.